The van der Waals surface area contributed by atoms with Crippen LogP contribution in [0.2, 0.25) is 0 Å². The van der Waals surface area contributed by atoms with Gasteiger partial charge in [0.25, 0.3) is 0 Å². The molecule has 5 nitrogen and oxygen atoms in total. The first-order valence-electron chi connectivity index (χ1n) is 5.47. The summed E-state index contributed by atoms with van der Waals surface area (Å²) in [5.74, 6) is 1.09. The van der Waals surface area contributed by atoms with E-state index in [4.69, 9.17) is 10.5 Å². The SMILES string of the molecule is CCOc1cccc(C2C(N)=NC(=O)N2C)c1. The van der Waals surface area contributed by atoms with Gasteiger partial charge in [0.15, 0.2) is 0 Å². The summed E-state index contributed by atoms with van der Waals surface area (Å²) in [5, 5.41) is 0. The smallest absolute Gasteiger partial charge is 0.345 e. The largest absolute Gasteiger partial charge is 0.494 e. The van der Waals surface area contributed by atoms with Crippen LogP contribution in [0.25, 0.3) is 0 Å². The Kier molecular flexibility index (Phi) is 2.99. The Hall–Kier alpha value is -2.04. The molecule has 1 aliphatic heterocycles. The molecule has 0 bridgehead atoms. The zero-order valence-electron chi connectivity index (χ0n) is 9.88. The molecule has 0 spiro atoms. The summed E-state index contributed by atoms with van der Waals surface area (Å²) in [6, 6.07) is 6.94. The molecule has 0 radical (unpaired) electrons. The van der Waals surface area contributed by atoms with Crippen molar-refractivity contribution in [3.8, 4) is 5.75 Å². The van der Waals surface area contributed by atoms with E-state index in [-0.39, 0.29) is 12.1 Å². The lowest BCUT2D eigenvalue weighted by atomic mass is 10.1. The third-order valence-corrected chi connectivity index (χ3v) is 2.68. The molecule has 2 N–H and O–H groups in total. The van der Waals surface area contributed by atoms with Crippen molar-refractivity contribution in [3.05, 3.63) is 29.8 Å². The molecule has 90 valence electrons. The Morgan fingerprint density at radius 3 is 2.88 bits per heavy atom. The van der Waals surface area contributed by atoms with E-state index in [9.17, 15) is 4.79 Å². The van der Waals surface area contributed by atoms with Gasteiger partial charge in [-0.2, -0.15) is 4.99 Å². The number of amidine groups is 1. The van der Waals surface area contributed by atoms with E-state index in [1.54, 1.807) is 7.05 Å². The number of urea groups is 1. The van der Waals surface area contributed by atoms with Crippen LogP contribution in [-0.2, 0) is 0 Å². The molecule has 0 aromatic heterocycles. The molecular formula is C12H15N3O2. The van der Waals surface area contributed by atoms with E-state index in [0.29, 0.717) is 12.4 Å². The number of likely N-dealkylation sites (N-methyl/N-ethyl adjacent to an activating group) is 1. The van der Waals surface area contributed by atoms with Crippen LogP contribution < -0.4 is 10.5 Å². The van der Waals surface area contributed by atoms with E-state index >= 15 is 0 Å². The fourth-order valence-corrected chi connectivity index (χ4v) is 1.89. The summed E-state index contributed by atoms with van der Waals surface area (Å²) in [4.78, 5) is 16.7. The van der Waals surface area contributed by atoms with Crippen LogP contribution >= 0.6 is 0 Å². The van der Waals surface area contributed by atoms with Crippen LogP contribution in [0.15, 0.2) is 29.3 Å². The van der Waals surface area contributed by atoms with Crippen LogP contribution in [0.1, 0.15) is 18.5 Å². The lowest BCUT2D eigenvalue weighted by molar-refractivity contribution is 0.218. The Morgan fingerprint density at radius 1 is 1.53 bits per heavy atom. The number of carbonyl (C=O) groups excluding carboxylic acids is 1. The van der Waals surface area contributed by atoms with Crippen molar-refractivity contribution in [2.45, 2.75) is 13.0 Å². The maximum absolute atomic E-state index is 11.4. The van der Waals surface area contributed by atoms with E-state index < -0.39 is 0 Å². The van der Waals surface area contributed by atoms with Gasteiger partial charge in [-0.1, -0.05) is 12.1 Å². The molecule has 1 aromatic rings. The van der Waals surface area contributed by atoms with Crippen molar-refractivity contribution in [3.63, 3.8) is 0 Å². The predicted octanol–water partition coefficient (Wildman–Crippen LogP) is 1.55. The molecule has 0 saturated carbocycles. The molecule has 2 rings (SSSR count). The van der Waals surface area contributed by atoms with E-state index in [1.807, 2.05) is 31.2 Å². The number of ether oxygens (including phenoxy) is 1. The summed E-state index contributed by atoms with van der Waals surface area (Å²) < 4.78 is 5.42. The van der Waals surface area contributed by atoms with Gasteiger partial charge in [0.2, 0.25) is 0 Å². The number of carbonyl (C=O) groups is 1. The van der Waals surface area contributed by atoms with Crippen molar-refractivity contribution < 1.29 is 9.53 Å². The summed E-state index contributed by atoms with van der Waals surface area (Å²) in [6.07, 6.45) is 0. The molecule has 0 fully saturated rings. The highest BCUT2D eigenvalue weighted by atomic mass is 16.5. The minimum Gasteiger partial charge on any atom is -0.494 e. The Bertz CT molecular complexity index is 471. The number of hydrogen-bond donors (Lipinski definition) is 1. The quantitative estimate of drug-likeness (QED) is 0.861. The van der Waals surface area contributed by atoms with E-state index in [1.165, 1.54) is 4.90 Å². The number of aliphatic imine (C=N–C) groups is 1. The number of amides is 2. The van der Waals surface area contributed by atoms with Crippen molar-refractivity contribution in [2.24, 2.45) is 10.7 Å². The predicted molar refractivity (Wildman–Crippen MR) is 65.1 cm³/mol. The first-order chi connectivity index (χ1) is 8.13. The molecule has 1 heterocycles. The molecule has 17 heavy (non-hydrogen) atoms. The van der Waals surface area contributed by atoms with Gasteiger partial charge >= 0.3 is 6.03 Å². The van der Waals surface area contributed by atoms with Crippen LogP contribution in [0.3, 0.4) is 0 Å². The molecule has 5 heteroatoms. The fraction of sp³-hybridized carbons (Fsp3) is 0.333. The van der Waals surface area contributed by atoms with Crippen LogP contribution in [0.4, 0.5) is 4.79 Å². The Balaban J connectivity index is 2.31. The second kappa shape index (κ2) is 4.45. The molecule has 1 unspecified atom stereocenters. The Morgan fingerprint density at radius 2 is 2.29 bits per heavy atom. The fourth-order valence-electron chi connectivity index (χ4n) is 1.89. The normalized spacial score (nSPS) is 19.4. The summed E-state index contributed by atoms with van der Waals surface area (Å²) >= 11 is 0. The average Bonchev–Trinajstić information content (AvgIpc) is 2.54. The van der Waals surface area contributed by atoms with Gasteiger partial charge in [0, 0.05) is 7.05 Å². The lowest BCUT2D eigenvalue weighted by Gasteiger charge is -2.20. The minimum atomic E-state index is -0.311. The molecule has 1 atom stereocenters. The molecule has 0 saturated heterocycles. The first-order valence-corrected chi connectivity index (χ1v) is 5.47. The highest BCUT2D eigenvalue weighted by Crippen LogP contribution is 2.27. The van der Waals surface area contributed by atoms with Crippen molar-refractivity contribution in [2.75, 3.05) is 13.7 Å². The molecule has 1 aliphatic rings. The molecule has 0 aliphatic carbocycles. The van der Waals surface area contributed by atoms with Crippen molar-refractivity contribution in [1.29, 1.82) is 0 Å². The van der Waals surface area contributed by atoms with Crippen molar-refractivity contribution in [1.82, 2.24) is 4.90 Å². The number of benzene rings is 1. The van der Waals surface area contributed by atoms with Gasteiger partial charge in [-0.3, -0.25) is 0 Å². The zero-order valence-corrected chi connectivity index (χ0v) is 9.88. The standard InChI is InChI=1S/C12H15N3O2/c1-3-17-9-6-4-5-8(7-9)10-11(13)14-12(16)15(10)2/h4-7,10H,3H2,1-2H3,(H2,13,14,16). The highest BCUT2D eigenvalue weighted by Gasteiger charge is 2.31. The molecule has 1 aromatic carbocycles. The molecule has 2 amide bonds. The van der Waals surface area contributed by atoms with Gasteiger partial charge in [-0.25, -0.2) is 4.79 Å². The van der Waals surface area contributed by atoms with Crippen LogP contribution in [0, 0.1) is 0 Å². The number of rotatable bonds is 3. The topological polar surface area (TPSA) is 67.9 Å². The van der Waals surface area contributed by atoms with E-state index in [0.717, 1.165) is 11.3 Å². The summed E-state index contributed by atoms with van der Waals surface area (Å²) in [7, 11) is 1.68. The van der Waals surface area contributed by atoms with Gasteiger partial charge < -0.3 is 15.4 Å². The maximum Gasteiger partial charge on any atom is 0.345 e. The third kappa shape index (κ3) is 2.08. The minimum absolute atomic E-state index is 0.289. The lowest BCUT2D eigenvalue weighted by Crippen LogP contribution is -2.30. The van der Waals surface area contributed by atoms with Crippen LogP contribution in [-0.4, -0.2) is 30.4 Å². The van der Waals surface area contributed by atoms with Crippen molar-refractivity contribution >= 4 is 11.9 Å². The number of nitrogens with zero attached hydrogens (tertiary/aromatic N) is 2. The second-order valence-corrected chi connectivity index (χ2v) is 3.84. The van der Waals surface area contributed by atoms with Gasteiger partial charge in [0.05, 0.1) is 6.61 Å². The van der Waals surface area contributed by atoms with Crippen LogP contribution in [0.5, 0.6) is 5.75 Å². The summed E-state index contributed by atoms with van der Waals surface area (Å²) in [6.45, 7) is 2.53. The molecular weight excluding hydrogens is 218 g/mol. The first kappa shape index (κ1) is 11.4. The average molecular weight is 233 g/mol. The van der Waals surface area contributed by atoms with Gasteiger partial charge in [-0.15, -0.1) is 0 Å². The summed E-state index contributed by atoms with van der Waals surface area (Å²) in [5.41, 5.74) is 6.67. The van der Waals surface area contributed by atoms with Gasteiger partial charge in [-0.05, 0) is 24.6 Å². The number of hydrogen-bond acceptors (Lipinski definition) is 3. The maximum atomic E-state index is 11.4. The van der Waals surface area contributed by atoms with E-state index in [2.05, 4.69) is 4.99 Å². The number of nitrogens with two attached hydrogens (primary N) is 1. The third-order valence-electron chi connectivity index (χ3n) is 2.68. The zero-order chi connectivity index (χ0) is 12.4. The Labute approximate surface area is 99.9 Å². The second-order valence-electron chi connectivity index (χ2n) is 3.84. The monoisotopic (exact) mass is 233 g/mol. The van der Waals surface area contributed by atoms with Gasteiger partial charge in [0.1, 0.15) is 17.6 Å². The highest BCUT2D eigenvalue weighted by molar-refractivity contribution is 6.03.